The molecule has 4 rings (SSSR count). The van der Waals surface area contributed by atoms with Gasteiger partial charge in [-0.05, 0) is 29.7 Å². The number of primary amides is 1. The SMILES string of the molecule is CC(C)c1ccc(S(=O)(=O)Nc2c(N3CNc4ncc(C(=O)O)cc43)cc(F)c(C(N)=O)c2F)cc1. The largest absolute Gasteiger partial charge is 0.478 e. The number of rotatable bonds is 7. The van der Waals surface area contributed by atoms with Crippen molar-refractivity contribution in [2.45, 2.75) is 24.7 Å². The average Bonchev–Trinajstić information content (AvgIpc) is 3.23. The van der Waals surface area contributed by atoms with Gasteiger partial charge in [-0.1, -0.05) is 26.0 Å². The Balaban J connectivity index is 1.86. The topological polar surface area (TPSA) is 155 Å². The van der Waals surface area contributed by atoms with Gasteiger partial charge in [0.2, 0.25) is 0 Å². The van der Waals surface area contributed by atoms with E-state index in [0.29, 0.717) is 0 Å². The van der Waals surface area contributed by atoms with Gasteiger partial charge in [-0.2, -0.15) is 0 Å². The number of nitrogens with zero attached hydrogens (tertiary/aromatic N) is 2. The maximum atomic E-state index is 15.5. The number of carboxylic acid groups (broad SMARTS) is 1. The summed E-state index contributed by atoms with van der Waals surface area (Å²) in [6.07, 6.45) is 1.10. The van der Waals surface area contributed by atoms with Gasteiger partial charge in [0.15, 0.2) is 11.6 Å². The van der Waals surface area contributed by atoms with Crippen LogP contribution in [-0.2, 0) is 10.0 Å². The number of sulfonamides is 1. The molecule has 188 valence electrons. The van der Waals surface area contributed by atoms with Crippen molar-refractivity contribution < 1.29 is 31.9 Å². The fraction of sp³-hybridized carbons (Fsp3) is 0.174. The van der Waals surface area contributed by atoms with Crippen LogP contribution in [0.1, 0.15) is 46.0 Å². The molecule has 2 aromatic carbocycles. The zero-order valence-electron chi connectivity index (χ0n) is 19.0. The predicted octanol–water partition coefficient (Wildman–Crippen LogP) is 3.60. The number of nitrogens with one attached hydrogen (secondary N) is 2. The normalized spacial score (nSPS) is 12.9. The van der Waals surface area contributed by atoms with E-state index in [4.69, 9.17) is 5.73 Å². The average molecular weight is 518 g/mol. The molecule has 3 aromatic rings. The lowest BCUT2D eigenvalue weighted by atomic mass is 10.0. The molecular formula is C23H21F2N5O5S. The molecule has 0 bridgehead atoms. The van der Waals surface area contributed by atoms with Gasteiger partial charge in [0.25, 0.3) is 15.9 Å². The number of hydrogen-bond acceptors (Lipinski definition) is 7. The molecule has 0 fully saturated rings. The van der Waals surface area contributed by atoms with Gasteiger partial charge in [-0.25, -0.2) is 27.0 Å². The number of fused-ring (bicyclic) bond motifs is 1. The molecule has 1 amide bonds. The van der Waals surface area contributed by atoms with Crippen molar-refractivity contribution in [3.05, 3.63) is 70.9 Å². The summed E-state index contributed by atoms with van der Waals surface area (Å²) in [5.74, 6) is -5.22. The van der Waals surface area contributed by atoms with E-state index in [0.717, 1.165) is 17.8 Å². The van der Waals surface area contributed by atoms with Crippen molar-refractivity contribution in [1.29, 1.82) is 0 Å². The fourth-order valence-corrected chi connectivity index (χ4v) is 4.81. The van der Waals surface area contributed by atoms with Crippen LogP contribution in [0.2, 0.25) is 0 Å². The van der Waals surface area contributed by atoms with Crippen molar-refractivity contribution in [2.75, 3.05) is 21.6 Å². The highest BCUT2D eigenvalue weighted by Gasteiger charge is 2.32. The molecule has 36 heavy (non-hydrogen) atoms. The molecule has 1 aliphatic heterocycles. The molecule has 0 radical (unpaired) electrons. The first kappa shape index (κ1) is 24.9. The summed E-state index contributed by atoms with van der Waals surface area (Å²) in [5, 5.41) is 12.1. The molecule has 0 aliphatic carbocycles. The van der Waals surface area contributed by atoms with Gasteiger partial charge in [0, 0.05) is 12.3 Å². The molecule has 2 heterocycles. The molecule has 10 nitrogen and oxygen atoms in total. The number of carbonyl (C=O) groups is 2. The van der Waals surface area contributed by atoms with E-state index < -0.39 is 44.8 Å². The van der Waals surface area contributed by atoms with E-state index in [2.05, 4.69) is 15.0 Å². The summed E-state index contributed by atoms with van der Waals surface area (Å²) in [5.41, 5.74) is 3.74. The van der Waals surface area contributed by atoms with Gasteiger partial charge in [0.1, 0.15) is 17.1 Å². The van der Waals surface area contributed by atoms with Gasteiger partial charge in [0.05, 0.1) is 28.5 Å². The fourth-order valence-electron chi connectivity index (χ4n) is 3.73. The number of carboxylic acids is 1. The van der Waals surface area contributed by atoms with E-state index >= 15 is 4.39 Å². The van der Waals surface area contributed by atoms with Crippen LogP contribution in [0.4, 0.5) is 31.7 Å². The van der Waals surface area contributed by atoms with Gasteiger partial charge >= 0.3 is 5.97 Å². The molecule has 0 saturated carbocycles. The van der Waals surface area contributed by atoms with Crippen molar-refractivity contribution in [3.63, 3.8) is 0 Å². The summed E-state index contributed by atoms with van der Waals surface area (Å²) >= 11 is 0. The second kappa shape index (κ2) is 9.07. The molecule has 5 N–H and O–H groups in total. The quantitative estimate of drug-likeness (QED) is 0.371. The van der Waals surface area contributed by atoms with Crippen LogP contribution in [0.3, 0.4) is 0 Å². The molecule has 0 atom stereocenters. The second-order valence-electron chi connectivity index (χ2n) is 8.29. The number of anilines is 4. The number of aromatic nitrogens is 1. The molecular weight excluding hydrogens is 496 g/mol. The zero-order valence-corrected chi connectivity index (χ0v) is 19.9. The smallest absolute Gasteiger partial charge is 0.337 e. The lowest BCUT2D eigenvalue weighted by Gasteiger charge is -2.24. The Hall–Kier alpha value is -4.26. The Labute approximate surface area is 204 Å². The summed E-state index contributed by atoms with van der Waals surface area (Å²) in [4.78, 5) is 28.2. The number of aromatic carboxylic acids is 1. The second-order valence-corrected chi connectivity index (χ2v) is 9.98. The van der Waals surface area contributed by atoms with Crippen LogP contribution in [-0.4, -0.2) is 37.1 Å². The van der Waals surface area contributed by atoms with Crippen LogP contribution >= 0.6 is 0 Å². The van der Waals surface area contributed by atoms with Gasteiger partial charge in [-0.3, -0.25) is 9.52 Å². The zero-order chi connectivity index (χ0) is 26.4. The molecule has 1 aliphatic rings. The first-order valence-electron chi connectivity index (χ1n) is 10.6. The standard InChI is InChI=1S/C23H21F2N5O5S/c1-11(2)12-3-5-14(6-4-12)36(34,35)29-20-16(8-15(24)18(19(20)25)21(26)31)30-10-28-22-17(30)7-13(9-27-22)23(32)33/h3-9,11,29H,10H2,1-2H3,(H2,26,31)(H,27,28)(H,32,33). The Morgan fingerprint density at radius 3 is 2.42 bits per heavy atom. The lowest BCUT2D eigenvalue weighted by molar-refractivity contribution is 0.0696. The monoisotopic (exact) mass is 517 g/mol. The minimum absolute atomic E-state index is 0.127. The minimum atomic E-state index is -4.41. The Morgan fingerprint density at radius 1 is 1.17 bits per heavy atom. The highest BCUT2D eigenvalue weighted by Crippen LogP contribution is 2.42. The number of hydrogen-bond donors (Lipinski definition) is 4. The first-order valence-corrected chi connectivity index (χ1v) is 12.1. The maximum absolute atomic E-state index is 15.5. The third-order valence-corrected chi connectivity index (χ3v) is 7.00. The van der Waals surface area contributed by atoms with Crippen molar-refractivity contribution in [2.24, 2.45) is 5.73 Å². The van der Waals surface area contributed by atoms with Crippen molar-refractivity contribution in [3.8, 4) is 0 Å². The third kappa shape index (κ3) is 4.40. The number of carbonyl (C=O) groups excluding carboxylic acids is 1. The van der Waals surface area contributed by atoms with Crippen LogP contribution < -0.4 is 20.7 Å². The number of amides is 1. The van der Waals surface area contributed by atoms with Crippen LogP contribution in [0.15, 0.2) is 47.5 Å². The van der Waals surface area contributed by atoms with E-state index in [1.54, 1.807) is 12.1 Å². The third-order valence-electron chi connectivity index (χ3n) is 5.64. The highest BCUT2D eigenvalue weighted by molar-refractivity contribution is 7.92. The van der Waals surface area contributed by atoms with E-state index in [1.807, 2.05) is 13.8 Å². The molecule has 0 unspecified atom stereocenters. The highest BCUT2D eigenvalue weighted by atomic mass is 32.2. The summed E-state index contributed by atoms with van der Waals surface area (Å²) in [7, 11) is -4.41. The molecule has 13 heteroatoms. The van der Waals surface area contributed by atoms with Crippen LogP contribution in [0.25, 0.3) is 0 Å². The first-order chi connectivity index (χ1) is 16.9. The predicted molar refractivity (Wildman–Crippen MR) is 128 cm³/mol. The number of halogens is 2. The number of pyridine rings is 1. The minimum Gasteiger partial charge on any atom is -0.478 e. The van der Waals surface area contributed by atoms with E-state index in [-0.39, 0.29) is 40.2 Å². The molecule has 0 spiro atoms. The van der Waals surface area contributed by atoms with Gasteiger partial charge in [-0.15, -0.1) is 0 Å². The summed E-state index contributed by atoms with van der Waals surface area (Å²) in [6.45, 7) is 3.73. The number of benzene rings is 2. The van der Waals surface area contributed by atoms with Crippen molar-refractivity contribution in [1.82, 2.24) is 4.98 Å². The van der Waals surface area contributed by atoms with E-state index in [9.17, 15) is 27.5 Å². The Bertz CT molecular complexity index is 1490. The van der Waals surface area contributed by atoms with Crippen LogP contribution in [0.5, 0.6) is 0 Å². The Morgan fingerprint density at radius 2 is 1.83 bits per heavy atom. The molecule has 1 aromatic heterocycles. The van der Waals surface area contributed by atoms with Gasteiger partial charge < -0.3 is 21.1 Å². The summed E-state index contributed by atoms with van der Waals surface area (Å²) < 4.78 is 58.6. The van der Waals surface area contributed by atoms with E-state index in [1.165, 1.54) is 23.1 Å². The molecule has 0 saturated heterocycles. The lowest BCUT2D eigenvalue weighted by Crippen LogP contribution is -2.24. The Kier molecular flexibility index (Phi) is 6.26. The number of nitrogens with two attached hydrogens (primary N) is 1. The summed E-state index contributed by atoms with van der Waals surface area (Å²) in [6, 6.07) is 7.84. The van der Waals surface area contributed by atoms with Crippen molar-refractivity contribution >= 4 is 44.8 Å². The van der Waals surface area contributed by atoms with Crippen LogP contribution in [0, 0.1) is 11.6 Å². The maximum Gasteiger partial charge on any atom is 0.337 e.